The third-order valence-corrected chi connectivity index (χ3v) is 8.31. The molecular formula is C28H38O12. The van der Waals surface area contributed by atoms with E-state index in [2.05, 4.69) is 0 Å². The summed E-state index contributed by atoms with van der Waals surface area (Å²) in [7, 11) is 0. The van der Waals surface area contributed by atoms with Gasteiger partial charge in [-0.05, 0) is 25.5 Å². The maximum Gasteiger partial charge on any atom is 0.312 e. The Bertz CT molecular complexity index is 1120. The topological polar surface area (TPSA) is 172 Å². The van der Waals surface area contributed by atoms with Crippen LogP contribution < -0.4 is 0 Å². The quantitative estimate of drug-likeness (QED) is 0.278. The van der Waals surface area contributed by atoms with Crippen molar-refractivity contribution in [1.29, 1.82) is 0 Å². The Kier molecular flexibility index (Phi) is 9.15. The molecule has 3 rings (SSSR count). The van der Waals surface area contributed by atoms with Crippen LogP contribution in [0.3, 0.4) is 0 Å². The first-order chi connectivity index (χ1) is 18.6. The molecule has 0 spiro atoms. The summed E-state index contributed by atoms with van der Waals surface area (Å²) in [5, 5.41) is 22.7. The van der Waals surface area contributed by atoms with E-state index in [-0.39, 0.29) is 18.4 Å². The van der Waals surface area contributed by atoms with E-state index in [9.17, 15) is 34.2 Å². The molecule has 1 heterocycles. The number of hydrogen-bond donors (Lipinski definition) is 2. The second kappa shape index (κ2) is 11.7. The Morgan fingerprint density at radius 3 is 2.05 bits per heavy atom. The molecule has 0 bridgehead atoms. The monoisotopic (exact) mass is 566 g/mol. The maximum absolute atomic E-state index is 12.9. The van der Waals surface area contributed by atoms with Crippen LogP contribution in [0, 0.1) is 17.3 Å². The number of ether oxygens (including phenoxy) is 5. The molecule has 1 fully saturated rings. The van der Waals surface area contributed by atoms with Crippen molar-refractivity contribution in [1.82, 2.24) is 0 Å². The summed E-state index contributed by atoms with van der Waals surface area (Å²) in [6.45, 7) is 8.88. The van der Waals surface area contributed by atoms with Gasteiger partial charge in [0.15, 0.2) is 11.7 Å². The Hall–Kier alpha value is -3.25. The van der Waals surface area contributed by atoms with Gasteiger partial charge in [-0.2, -0.15) is 0 Å². The van der Waals surface area contributed by atoms with Gasteiger partial charge in [0.05, 0.1) is 17.9 Å². The van der Waals surface area contributed by atoms with E-state index in [0.717, 1.165) is 6.92 Å². The van der Waals surface area contributed by atoms with Crippen LogP contribution in [-0.2, 0) is 47.7 Å². The highest BCUT2D eigenvalue weighted by Crippen LogP contribution is 2.55. The van der Waals surface area contributed by atoms with Crippen molar-refractivity contribution < 1.29 is 57.9 Å². The van der Waals surface area contributed by atoms with Crippen molar-refractivity contribution in [2.45, 2.75) is 97.4 Å². The normalized spacial score (nSPS) is 38.7. The zero-order valence-corrected chi connectivity index (χ0v) is 23.8. The molecule has 222 valence electrons. The third-order valence-electron chi connectivity index (χ3n) is 8.31. The van der Waals surface area contributed by atoms with Gasteiger partial charge in [-0.25, -0.2) is 0 Å². The summed E-state index contributed by atoms with van der Waals surface area (Å²) in [6.07, 6.45) is -3.13. The summed E-state index contributed by atoms with van der Waals surface area (Å²) in [6, 6.07) is 0. The molecular weight excluding hydrogens is 528 g/mol. The summed E-state index contributed by atoms with van der Waals surface area (Å²) in [5.74, 6) is -5.77. The van der Waals surface area contributed by atoms with E-state index >= 15 is 0 Å². The fraction of sp³-hybridized carbons (Fsp3) is 0.679. The predicted octanol–water partition coefficient (Wildman–Crippen LogP) is 1.30. The molecule has 12 heteroatoms. The molecule has 0 aromatic heterocycles. The van der Waals surface area contributed by atoms with Gasteiger partial charge in [-0.3, -0.25) is 24.0 Å². The first-order valence-corrected chi connectivity index (χ1v) is 13.2. The number of carbonyl (C=O) groups is 5. The number of hydrogen-bond acceptors (Lipinski definition) is 12. The number of esters is 5. The second-order valence-electron chi connectivity index (χ2n) is 11.0. The maximum atomic E-state index is 12.9. The van der Waals surface area contributed by atoms with Crippen LogP contribution in [0.5, 0.6) is 0 Å². The SMILES string of the molecule is CC(=O)OC1C[C@@H](OC(C)=O)[C@@]2(C)[C@@H](OC(C)=O)CC=C(C)[C@@H]2C(OC(C)=O)[C@@]2(O)[C@H](/C=C\1CO)OC(=O)[C@@H]2C. The van der Waals surface area contributed by atoms with Gasteiger partial charge >= 0.3 is 29.8 Å². The molecule has 2 N–H and O–H groups in total. The van der Waals surface area contributed by atoms with Crippen molar-refractivity contribution in [2.24, 2.45) is 17.3 Å². The number of rotatable bonds is 5. The van der Waals surface area contributed by atoms with E-state index in [4.69, 9.17) is 23.7 Å². The highest BCUT2D eigenvalue weighted by molar-refractivity contribution is 5.78. The number of aliphatic hydroxyl groups excluding tert-OH is 1. The lowest BCUT2D eigenvalue weighted by Gasteiger charge is -2.55. The van der Waals surface area contributed by atoms with Crippen LogP contribution in [-0.4, -0.2) is 82.8 Å². The number of aliphatic hydroxyl groups is 2. The van der Waals surface area contributed by atoms with Crippen LogP contribution in [0.25, 0.3) is 0 Å². The van der Waals surface area contributed by atoms with Gasteiger partial charge in [0.25, 0.3) is 0 Å². The number of carbonyl (C=O) groups excluding carboxylic acids is 5. The minimum atomic E-state index is -2.19. The number of fused-ring (bicyclic) bond motifs is 2. The summed E-state index contributed by atoms with van der Waals surface area (Å²) < 4.78 is 28.5. The van der Waals surface area contributed by atoms with E-state index in [0.29, 0.717) is 5.57 Å². The van der Waals surface area contributed by atoms with Crippen molar-refractivity contribution in [3.8, 4) is 0 Å². The van der Waals surface area contributed by atoms with Gasteiger partial charge in [0.1, 0.15) is 24.4 Å². The average molecular weight is 567 g/mol. The van der Waals surface area contributed by atoms with Gasteiger partial charge in [-0.15, -0.1) is 0 Å². The van der Waals surface area contributed by atoms with Crippen LogP contribution in [0.1, 0.15) is 61.3 Å². The average Bonchev–Trinajstić information content (AvgIpc) is 3.05. The third kappa shape index (κ3) is 5.64. The highest BCUT2D eigenvalue weighted by Gasteiger charge is 2.67. The van der Waals surface area contributed by atoms with Crippen LogP contribution in [0.15, 0.2) is 23.3 Å². The van der Waals surface area contributed by atoms with E-state index in [1.54, 1.807) is 19.9 Å². The smallest absolute Gasteiger partial charge is 0.312 e. The molecule has 12 nitrogen and oxygen atoms in total. The van der Waals surface area contributed by atoms with Crippen molar-refractivity contribution in [3.63, 3.8) is 0 Å². The second-order valence-corrected chi connectivity index (χ2v) is 11.0. The highest BCUT2D eigenvalue weighted by atomic mass is 16.6. The molecule has 9 atom stereocenters. The first kappa shape index (κ1) is 31.3. The largest absolute Gasteiger partial charge is 0.462 e. The van der Waals surface area contributed by atoms with Crippen LogP contribution >= 0.6 is 0 Å². The Labute approximate surface area is 232 Å². The molecule has 1 saturated heterocycles. The first-order valence-electron chi connectivity index (χ1n) is 13.2. The molecule has 2 aliphatic carbocycles. The lowest BCUT2D eigenvalue weighted by Crippen LogP contribution is -2.65. The zero-order valence-electron chi connectivity index (χ0n) is 23.8. The minimum absolute atomic E-state index is 0.0633. The molecule has 2 unspecified atom stereocenters. The summed E-state index contributed by atoms with van der Waals surface area (Å²) >= 11 is 0. The van der Waals surface area contributed by atoms with Gasteiger partial charge in [0, 0.05) is 46.5 Å². The molecule has 0 radical (unpaired) electrons. The fourth-order valence-electron chi connectivity index (χ4n) is 6.41. The fourth-order valence-corrected chi connectivity index (χ4v) is 6.41. The summed E-state index contributed by atoms with van der Waals surface area (Å²) in [4.78, 5) is 62.3. The van der Waals surface area contributed by atoms with Gasteiger partial charge in [-0.1, -0.05) is 18.6 Å². The van der Waals surface area contributed by atoms with Crippen LogP contribution in [0.4, 0.5) is 0 Å². The van der Waals surface area contributed by atoms with Gasteiger partial charge < -0.3 is 33.9 Å². The Balaban J connectivity index is 2.45. The standard InChI is InChI=1S/C28H38O12/c1-13-8-9-21(37-16(4)31)27(7)22(38-17(5)32)11-20(36-15(3)30)19(12-29)10-23-28(35,14(2)26(34)40-23)25(24(13)27)39-18(6)33/h8,10,14,20-25,29,35H,9,11-12H2,1-7H3/b19-10-/t14-,20?,21-,22+,23-,24+,25?,27+,28-/m0/s1. The van der Waals surface area contributed by atoms with E-state index < -0.39 is 89.8 Å². The van der Waals surface area contributed by atoms with E-state index in [1.165, 1.54) is 33.8 Å². The Morgan fingerprint density at radius 1 is 0.975 bits per heavy atom. The van der Waals surface area contributed by atoms with Crippen molar-refractivity contribution in [2.75, 3.05) is 6.61 Å². The van der Waals surface area contributed by atoms with E-state index in [1.807, 2.05) is 0 Å². The summed E-state index contributed by atoms with van der Waals surface area (Å²) in [5.41, 5.74) is -2.92. The Morgan fingerprint density at radius 2 is 1.52 bits per heavy atom. The predicted molar refractivity (Wildman–Crippen MR) is 136 cm³/mol. The zero-order chi connectivity index (χ0) is 30.2. The molecule has 40 heavy (non-hydrogen) atoms. The minimum Gasteiger partial charge on any atom is -0.462 e. The molecule has 3 aliphatic rings. The molecule has 0 aromatic rings. The van der Waals surface area contributed by atoms with Crippen LogP contribution in [0.2, 0.25) is 0 Å². The van der Waals surface area contributed by atoms with Crippen molar-refractivity contribution in [3.05, 3.63) is 23.3 Å². The lowest BCUT2D eigenvalue weighted by molar-refractivity contribution is -0.218. The molecule has 0 amide bonds. The van der Waals surface area contributed by atoms with Crippen molar-refractivity contribution >= 4 is 29.8 Å². The lowest BCUT2D eigenvalue weighted by atomic mass is 9.56. The molecule has 1 aliphatic heterocycles. The van der Waals surface area contributed by atoms with Gasteiger partial charge in [0.2, 0.25) is 0 Å². The molecule has 0 saturated carbocycles. The molecule has 0 aromatic carbocycles.